The van der Waals surface area contributed by atoms with E-state index in [0.717, 1.165) is 6.42 Å². The minimum atomic E-state index is 0.117. The number of hydrogen-bond donors (Lipinski definition) is 0. The molecule has 1 atom stereocenters. The SMILES string of the molecule is CC(=O)C(C)Cc1cc(-c2ccccc2)c(C)s1. The lowest BCUT2D eigenvalue weighted by Crippen LogP contribution is -2.08. The van der Waals surface area contributed by atoms with Gasteiger partial charge >= 0.3 is 0 Å². The van der Waals surface area contributed by atoms with Gasteiger partial charge in [0.25, 0.3) is 0 Å². The lowest BCUT2D eigenvalue weighted by molar-refractivity contribution is -0.120. The van der Waals surface area contributed by atoms with Crippen molar-refractivity contribution in [2.24, 2.45) is 5.92 Å². The summed E-state index contributed by atoms with van der Waals surface area (Å²) in [5.41, 5.74) is 2.55. The van der Waals surface area contributed by atoms with Crippen LogP contribution in [0.1, 0.15) is 23.6 Å². The summed E-state index contributed by atoms with van der Waals surface area (Å²) >= 11 is 1.80. The van der Waals surface area contributed by atoms with E-state index >= 15 is 0 Å². The van der Waals surface area contributed by atoms with Gasteiger partial charge in [-0.1, -0.05) is 37.3 Å². The molecular formula is C16H18OS. The first-order valence-electron chi connectivity index (χ1n) is 6.23. The van der Waals surface area contributed by atoms with E-state index in [-0.39, 0.29) is 11.7 Å². The number of Topliss-reactive ketones (excluding diaryl/α,β-unsaturated/α-hetero) is 1. The number of benzene rings is 1. The molecule has 0 aliphatic carbocycles. The highest BCUT2D eigenvalue weighted by Crippen LogP contribution is 2.32. The van der Waals surface area contributed by atoms with Gasteiger partial charge in [0.2, 0.25) is 0 Å². The number of thiophene rings is 1. The number of ketones is 1. The van der Waals surface area contributed by atoms with E-state index in [4.69, 9.17) is 0 Å². The molecule has 1 unspecified atom stereocenters. The summed E-state index contributed by atoms with van der Waals surface area (Å²) in [4.78, 5) is 13.9. The molecule has 0 bridgehead atoms. The molecule has 0 amide bonds. The summed E-state index contributed by atoms with van der Waals surface area (Å²) in [7, 11) is 0. The molecule has 1 aromatic heterocycles. The Bertz CT molecular complexity index is 539. The maximum absolute atomic E-state index is 11.3. The van der Waals surface area contributed by atoms with Crippen molar-refractivity contribution >= 4 is 17.1 Å². The average Bonchev–Trinajstić information content (AvgIpc) is 2.71. The van der Waals surface area contributed by atoms with Crippen LogP contribution >= 0.6 is 11.3 Å². The van der Waals surface area contributed by atoms with Crippen LogP contribution < -0.4 is 0 Å². The number of hydrogen-bond acceptors (Lipinski definition) is 2. The monoisotopic (exact) mass is 258 g/mol. The van der Waals surface area contributed by atoms with Gasteiger partial charge in [0, 0.05) is 15.7 Å². The summed E-state index contributed by atoms with van der Waals surface area (Å²) in [5.74, 6) is 0.383. The van der Waals surface area contributed by atoms with Crippen molar-refractivity contribution in [1.82, 2.24) is 0 Å². The number of carbonyl (C=O) groups is 1. The summed E-state index contributed by atoms with van der Waals surface area (Å²) in [5, 5.41) is 0. The second-order valence-electron chi connectivity index (χ2n) is 4.76. The molecule has 0 N–H and O–H groups in total. The molecule has 1 heterocycles. The third-order valence-electron chi connectivity index (χ3n) is 3.25. The highest BCUT2D eigenvalue weighted by Gasteiger charge is 2.13. The molecule has 2 aromatic rings. The van der Waals surface area contributed by atoms with Gasteiger partial charge in [-0.05, 0) is 37.5 Å². The Morgan fingerprint density at radius 2 is 1.94 bits per heavy atom. The standard InChI is InChI=1S/C16H18OS/c1-11(12(2)17)9-15-10-16(13(3)18-15)14-7-5-4-6-8-14/h4-8,10-11H,9H2,1-3H3. The van der Waals surface area contributed by atoms with Crippen molar-refractivity contribution in [2.45, 2.75) is 27.2 Å². The van der Waals surface area contributed by atoms with E-state index in [1.54, 1.807) is 18.3 Å². The van der Waals surface area contributed by atoms with Crippen LogP contribution in [-0.4, -0.2) is 5.78 Å². The molecule has 0 aliphatic rings. The Morgan fingerprint density at radius 1 is 1.28 bits per heavy atom. The molecule has 0 aliphatic heterocycles. The Morgan fingerprint density at radius 3 is 2.56 bits per heavy atom. The predicted molar refractivity (Wildman–Crippen MR) is 78.0 cm³/mol. The van der Waals surface area contributed by atoms with Crippen molar-refractivity contribution in [3.63, 3.8) is 0 Å². The third kappa shape index (κ3) is 2.88. The smallest absolute Gasteiger partial charge is 0.132 e. The fraction of sp³-hybridized carbons (Fsp3) is 0.312. The number of aryl methyl sites for hydroxylation is 1. The highest BCUT2D eigenvalue weighted by molar-refractivity contribution is 7.12. The van der Waals surface area contributed by atoms with Crippen molar-refractivity contribution in [2.75, 3.05) is 0 Å². The van der Waals surface area contributed by atoms with Crippen LogP contribution in [0.3, 0.4) is 0 Å². The second kappa shape index (κ2) is 5.49. The lowest BCUT2D eigenvalue weighted by Gasteiger charge is -2.03. The normalized spacial score (nSPS) is 12.4. The van der Waals surface area contributed by atoms with E-state index in [0.29, 0.717) is 0 Å². The minimum absolute atomic E-state index is 0.117. The highest BCUT2D eigenvalue weighted by atomic mass is 32.1. The molecule has 18 heavy (non-hydrogen) atoms. The average molecular weight is 258 g/mol. The Hall–Kier alpha value is -1.41. The minimum Gasteiger partial charge on any atom is -0.300 e. The van der Waals surface area contributed by atoms with Gasteiger partial charge in [0.05, 0.1) is 0 Å². The fourth-order valence-corrected chi connectivity index (χ4v) is 3.18. The maximum Gasteiger partial charge on any atom is 0.132 e. The molecule has 0 radical (unpaired) electrons. The molecule has 0 fully saturated rings. The van der Waals surface area contributed by atoms with Crippen molar-refractivity contribution in [1.29, 1.82) is 0 Å². The Kier molecular flexibility index (Phi) is 3.97. The van der Waals surface area contributed by atoms with Gasteiger partial charge in [0.1, 0.15) is 5.78 Å². The zero-order chi connectivity index (χ0) is 13.1. The van der Waals surface area contributed by atoms with Crippen molar-refractivity contribution in [3.05, 3.63) is 46.2 Å². The van der Waals surface area contributed by atoms with E-state index in [1.165, 1.54) is 20.9 Å². The van der Waals surface area contributed by atoms with Crippen molar-refractivity contribution in [3.8, 4) is 11.1 Å². The molecule has 2 heteroatoms. The first kappa shape index (κ1) is 13.0. The quantitative estimate of drug-likeness (QED) is 0.789. The number of rotatable bonds is 4. The molecule has 1 aromatic carbocycles. The molecule has 0 saturated heterocycles. The zero-order valence-corrected chi connectivity index (χ0v) is 11.9. The second-order valence-corrected chi connectivity index (χ2v) is 6.11. The Balaban J connectivity index is 2.25. The van der Waals surface area contributed by atoms with Crippen LogP contribution in [0.2, 0.25) is 0 Å². The van der Waals surface area contributed by atoms with E-state index in [9.17, 15) is 4.79 Å². The van der Waals surface area contributed by atoms with Crippen LogP contribution in [0.4, 0.5) is 0 Å². The largest absolute Gasteiger partial charge is 0.300 e. The summed E-state index contributed by atoms with van der Waals surface area (Å²) in [6, 6.07) is 12.6. The predicted octanol–water partition coefficient (Wildman–Crippen LogP) is 4.49. The van der Waals surface area contributed by atoms with Crippen LogP contribution in [0.25, 0.3) is 11.1 Å². The summed E-state index contributed by atoms with van der Waals surface area (Å²) in [6.07, 6.45) is 0.855. The van der Waals surface area contributed by atoms with Gasteiger partial charge in [-0.2, -0.15) is 0 Å². The van der Waals surface area contributed by atoms with E-state index in [1.807, 2.05) is 13.0 Å². The Labute approximate surface area is 112 Å². The molecule has 94 valence electrons. The van der Waals surface area contributed by atoms with Gasteiger partial charge in [-0.3, -0.25) is 4.79 Å². The van der Waals surface area contributed by atoms with E-state index in [2.05, 4.69) is 37.3 Å². The summed E-state index contributed by atoms with van der Waals surface area (Å²) < 4.78 is 0. The van der Waals surface area contributed by atoms with Crippen LogP contribution in [0, 0.1) is 12.8 Å². The third-order valence-corrected chi connectivity index (χ3v) is 4.33. The lowest BCUT2D eigenvalue weighted by atomic mass is 10.0. The van der Waals surface area contributed by atoms with Gasteiger partial charge in [0.15, 0.2) is 0 Å². The molecule has 0 spiro atoms. The van der Waals surface area contributed by atoms with Crippen LogP contribution in [0.5, 0.6) is 0 Å². The zero-order valence-electron chi connectivity index (χ0n) is 11.1. The first-order chi connectivity index (χ1) is 8.58. The maximum atomic E-state index is 11.3. The van der Waals surface area contributed by atoms with E-state index < -0.39 is 0 Å². The topological polar surface area (TPSA) is 17.1 Å². The molecule has 0 saturated carbocycles. The molecule has 2 rings (SSSR count). The van der Waals surface area contributed by atoms with Crippen LogP contribution in [-0.2, 0) is 11.2 Å². The number of carbonyl (C=O) groups excluding carboxylic acids is 1. The van der Waals surface area contributed by atoms with Gasteiger partial charge in [-0.15, -0.1) is 11.3 Å². The fourth-order valence-electron chi connectivity index (χ4n) is 1.99. The van der Waals surface area contributed by atoms with Gasteiger partial charge in [-0.25, -0.2) is 0 Å². The van der Waals surface area contributed by atoms with Crippen LogP contribution in [0.15, 0.2) is 36.4 Å². The summed E-state index contributed by atoms with van der Waals surface area (Å²) in [6.45, 7) is 5.82. The molecule has 1 nitrogen and oxygen atoms in total. The van der Waals surface area contributed by atoms with Gasteiger partial charge < -0.3 is 0 Å². The first-order valence-corrected chi connectivity index (χ1v) is 7.04. The molecular weight excluding hydrogens is 240 g/mol. The van der Waals surface area contributed by atoms with Crippen molar-refractivity contribution < 1.29 is 4.79 Å².